The number of rotatable bonds is 5. The van der Waals surface area contributed by atoms with Crippen molar-refractivity contribution in [2.45, 2.75) is 38.1 Å². The van der Waals surface area contributed by atoms with E-state index in [1.54, 1.807) is 0 Å². The Morgan fingerprint density at radius 2 is 2.25 bits per heavy atom. The summed E-state index contributed by atoms with van der Waals surface area (Å²) in [5.74, 6) is 2.63. The number of nitrogens with two attached hydrogens (primary N) is 1. The first kappa shape index (κ1) is 15.6. The number of amides is 2. The van der Waals surface area contributed by atoms with Gasteiger partial charge in [-0.2, -0.15) is 11.8 Å². The minimum atomic E-state index is -0.239. The van der Waals surface area contributed by atoms with Crippen LogP contribution in [0.3, 0.4) is 0 Å². The quantitative estimate of drug-likeness (QED) is 0.779. The zero-order valence-electron chi connectivity index (χ0n) is 12.0. The highest BCUT2D eigenvalue weighted by molar-refractivity contribution is 7.99. The molecule has 5 nitrogen and oxygen atoms in total. The van der Waals surface area contributed by atoms with Gasteiger partial charge >= 0.3 is 0 Å². The third-order valence-corrected chi connectivity index (χ3v) is 5.22. The van der Waals surface area contributed by atoms with Gasteiger partial charge in [0.1, 0.15) is 0 Å². The van der Waals surface area contributed by atoms with Crippen LogP contribution < -0.4 is 11.1 Å². The molecule has 2 amide bonds. The van der Waals surface area contributed by atoms with Crippen molar-refractivity contribution in [3.05, 3.63) is 0 Å². The lowest BCUT2D eigenvalue weighted by Crippen LogP contribution is -2.45. The summed E-state index contributed by atoms with van der Waals surface area (Å²) in [6.45, 7) is 2.67. The lowest BCUT2D eigenvalue weighted by atomic mass is 9.93. The van der Waals surface area contributed by atoms with Gasteiger partial charge < -0.3 is 16.0 Å². The molecule has 2 aliphatic rings. The lowest BCUT2D eigenvalue weighted by molar-refractivity contribution is -0.133. The van der Waals surface area contributed by atoms with Crippen molar-refractivity contribution in [1.82, 2.24) is 10.2 Å². The van der Waals surface area contributed by atoms with Crippen molar-refractivity contribution in [3.63, 3.8) is 0 Å². The minimum absolute atomic E-state index is 0.239. The molecular formula is C14H25N3O2S. The number of piperidine rings is 1. The van der Waals surface area contributed by atoms with Crippen LogP contribution >= 0.6 is 11.8 Å². The highest BCUT2D eigenvalue weighted by atomic mass is 32.2. The van der Waals surface area contributed by atoms with E-state index in [0.717, 1.165) is 50.4 Å². The summed E-state index contributed by atoms with van der Waals surface area (Å²) in [6.07, 6.45) is 4.01. The molecule has 0 aliphatic carbocycles. The fourth-order valence-corrected chi connectivity index (χ4v) is 3.91. The maximum Gasteiger partial charge on any atom is 0.224 e. The first-order valence-electron chi connectivity index (χ1n) is 7.52. The average molecular weight is 299 g/mol. The predicted molar refractivity (Wildman–Crippen MR) is 81.5 cm³/mol. The summed E-state index contributed by atoms with van der Waals surface area (Å²) < 4.78 is 0. The van der Waals surface area contributed by atoms with Crippen molar-refractivity contribution in [1.29, 1.82) is 0 Å². The second kappa shape index (κ2) is 7.88. The number of hydrogen-bond acceptors (Lipinski definition) is 4. The van der Waals surface area contributed by atoms with E-state index in [4.69, 9.17) is 5.73 Å². The number of carbonyl (C=O) groups excluding carboxylic acids is 2. The highest BCUT2D eigenvalue weighted by Gasteiger charge is 2.26. The summed E-state index contributed by atoms with van der Waals surface area (Å²) in [5, 5.41) is 3.41. The Bertz CT molecular complexity index is 345. The first-order chi connectivity index (χ1) is 9.65. The SMILES string of the molecule is NC(=O)CCC1CCCN(C(=O)CC2CSCCN2)C1. The van der Waals surface area contributed by atoms with Crippen molar-refractivity contribution in [3.8, 4) is 0 Å². The summed E-state index contributed by atoms with van der Waals surface area (Å²) in [6, 6.07) is 0.326. The molecule has 0 aromatic heterocycles. The Morgan fingerprint density at radius 3 is 2.95 bits per heavy atom. The molecule has 2 saturated heterocycles. The second-order valence-electron chi connectivity index (χ2n) is 5.78. The molecule has 3 N–H and O–H groups in total. The normalized spacial score (nSPS) is 27.3. The van der Waals surface area contributed by atoms with E-state index in [1.165, 1.54) is 0 Å². The molecule has 6 heteroatoms. The molecule has 114 valence electrons. The van der Waals surface area contributed by atoms with Crippen LogP contribution in [0.4, 0.5) is 0 Å². The van der Waals surface area contributed by atoms with E-state index in [1.807, 2.05) is 16.7 Å². The molecule has 0 bridgehead atoms. The molecule has 0 aromatic rings. The Labute approximate surface area is 125 Å². The maximum atomic E-state index is 12.3. The number of nitrogens with zero attached hydrogens (tertiary/aromatic N) is 1. The Balaban J connectivity index is 1.75. The molecule has 0 aromatic carbocycles. The number of nitrogens with one attached hydrogen (secondary N) is 1. The van der Waals surface area contributed by atoms with Crippen LogP contribution in [-0.2, 0) is 9.59 Å². The monoisotopic (exact) mass is 299 g/mol. The Morgan fingerprint density at radius 1 is 1.40 bits per heavy atom. The van der Waals surface area contributed by atoms with Crippen LogP contribution in [0.2, 0.25) is 0 Å². The van der Waals surface area contributed by atoms with Crippen LogP contribution in [0.5, 0.6) is 0 Å². The number of carbonyl (C=O) groups is 2. The molecule has 20 heavy (non-hydrogen) atoms. The average Bonchev–Trinajstić information content (AvgIpc) is 2.46. The van der Waals surface area contributed by atoms with E-state index >= 15 is 0 Å². The third-order valence-electron chi connectivity index (χ3n) is 4.09. The van der Waals surface area contributed by atoms with Gasteiger partial charge in [0, 0.05) is 50.0 Å². The zero-order chi connectivity index (χ0) is 14.4. The molecule has 0 saturated carbocycles. The van der Waals surface area contributed by atoms with Gasteiger partial charge in [0.05, 0.1) is 0 Å². The van der Waals surface area contributed by atoms with Gasteiger partial charge in [0.2, 0.25) is 11.8 Å². The fraction of sp³-hybridized carbons (Fsp3) is 0.857. The molecule has 2 atom stereocenters. The van der Waals surface area contributed by atoms with Gasteiger partial charge in [-0.15, -0.1) is 0 Å². The number of thioether (sulfide) groups is 1. The van der Waals surface area contributed by atoms with Gasteiger partial charge in [-0.05, 0) is 25.2 Å². The Kier molecular flexibility index (Phi) is 6.16. The molecule has 0 radical (unpaired) electrons. The number of likely N-dealkylation sites (tertiary alicyclic amines) is 1. The smallest absolute Gasteiger partial charge is 0.224 e. The Hall–Kier alpha value is -0.750. The highest BCUT2D eigenvalue weighted by Crippen LogP contribution is 2.22. The summed E-state index contributed by atoms with van der Waals surface area (Å²) >= 11 is 1.92. The van der Waals surface area contributed by atoms with Gasteiger partial charge in [-0.1, -0.05) is 0 Å². The summed E-state index contributed by atoms with van der Waals surface area (Å²) in [4.78, 5) is 25.2. The standard InChI is InChI=1S/C14H25N3O2S/c15-13(18)4-3-11-2-1-6-17(9-11)14(19)8-12-10-20-7-5-16-12/h11-12,16H,1-10H2,(H2,15,18). The first-order valence-corrected chi connectivity index (χ1v) is 8.68. The topological polar surface area (TPSA) is 75.4 Å². The second-order valence-corrected chi connectivity index (χ2v) is 6.93. The van der Waals surface area contributed by atoms with Crippen molar-refractivity contribution in [2.24, 2.45) is 11.7 Å². The van der Waals surface area contributed by atoms with Crippen molar-refractivity contribution in [2.75, 3.05) is 31.1 Å². The zero-order valence-corrected chi connectivity index (χ0v) is 12.8. The fourth-order valence-electron chi connectivity index (χ4n) is 2.96. The van der Waals surface area contributed by atoms with Gasteiger partial charge in [0.15, 0.2) is 0 Å². The largest absolute Gasteiger partial charge is 0.370 e. The molecule has 2 aliphatic heterocycles. The van der Waals surface area contributed by atoms with E-state index in [0.29, 0.717) is 24.8 Å². The van der Waals surface area contributed by atoms with Crippen molar-refractivity contribution >= 4 is 23.6 Å². The van der Waals surface area contributed by atoms with Crippen LogP contribution in [-0.4, -0.2) is 53.9 Å². The summed E-state index contributed by atoms with van der Waals surface area (Å²) in [7, 11) is 0. The third kappa shape index (κ3) is 4.98. The van der Waals surface area contributed by atoms with Crippen LogP contribution in [0, 0.1) is 5.92 Å². The lowest BCUT2D eigenvalue weighted by Gasteiger charge is -2.34. The summed E-state index contributed by atoms with van der Waals surface area (Å²) in [5.41, 5.74) is 5.20. The van der Waals surface area contributed by atoms with E-state index < -0.39 is 0 Å². The molecule has 2 heterocycles. The van der Waals surface area contributed by atoms with E-state index in [2.05, 4.69) is 5.32 Å². The number of hydrogen-bond donors (Lipinski definition) is 2. The molecule has 2 fully saturated rings. The number of primary amides is 1. The van der Waals surface area contributed by atoms with E-state index in [9.17, 15) is 9.59 Å². The molecule has 2 unspecified atom stereocenters. The van der Waals surface area contributed by atoms with Crippen molar-refractivity contribution < 1.29 is 9.59 Å². The van der Waals surface area contributed by atoms with Gasteiger partial charge in [-0.25, -0.2) is 0 Å². The van der Waals surface area contributed by atoms with Crippen LogP contribution in [0.1, 0.15) is 32.1 Å². The molecular weight excluding hydrogens is 274 g/mol. The predicted octanol–water partition coefficient (Wildman–Crippen LogP) is 0.586. The van der Waals surface area contributed by atoms with Gasteiger partial charge in [0.25, 0.3) is 0 Å². The molecule has 2 rings (SSSR count). The van der Waals surface area contributed by atoms with Crippen LogP contribution in [0.15, 0.2) is 0 Å². The minimum Gasteiger partial charge on any atom is -0.370 e. The van der Waals surface area contributed by atoms with Gasteiger partial charge in [-0.3, -0.25) is 9.59 Å². The molecule has 0 spiro atoms. The maximum absolute atomic E-state index is 12.3. The van der Waals surface area contributed by atoms with E-state index in [-0.39, 0.29) is 11.8 Å². The van der Waals surface area contributed by atoms with Crippen LogP contribution in [0.25, 0.3) is 0 Å².